The molecule has 0 aliphatic carbocycles. The summed E-state index contributed by atoms with van der Waals surface area (Å²) >= 11 is 0. The van der Waals surface area contributed by atoms with Gasteiger partial charge in [-0.2, -0.15) is 0 Å². The van der Waals surface area contributed by atoms with Crippen LogP contribution in [-0.2, 0) is 6.54 Å². The number of hydrogen-bond acceptors (Lipinski definition) is 4. The third-order valence-electron chi connectivity index (χ3n) is 2.43. The van der Waals surface area contributed by atoms with Crippen molar-refractivity contribution in [3.05, 3.63) is 23.8 Å². The van der Waals surface area contributed by atoms with E-state index in [2.05, 4.69) is 20.3 Å². The van der Waals surface area contributed by atoms with E-state index in [0.717, 1.165) is 36.7 Å². The van der Waals surface area contributed by atoms with Crippen molar-refractivity contribution in [1.29, 1.82) is 0 Å². The van der Waals surface area contributed by atoms with Crippen LogP contribution in [0.4, 0.5) is 0 Å². The second-order valence-corrected chi connectivity index (χ2v) is 3.79. The van der Waals surface area contributed by atoms with E-state index >= 15 is 0 Å². The molecule has 0 spiro atoms. The van der Waals surface area contributed by atoms with Crippen molar-refractivity contribution < 1.29 is 0 Å². The maximum absolute atomic E-state index is 4.42. The summed E-state index contributed by atoms with van der Waals surface area (Å²) in [6.07, 6.45) is 7.13. The predicted octanol–water partition coefficient (Wildman–Crippen LogP) is 1.46. The molecule has 4 nitrogen and oxygen atoms in total. The van der Waals surface area contributed by atoms with E-state index in [9.17, 15) is 0 Å². The van der Waals surface area contributed by atoms with Gasteiger partial charge in [0.05, 0.1) is 30.0 Å². The van der Waals surface area contributed by atoms with Crippen molar-refractivity contribution in [2.45, 2.75) is 32.7 Å². The molecule has 0 unspecified atom stereocenters. The highest BCUT2D eigenvalue weighted by molar-refractivity contribution is 5.82. The number of aromatic nitrogens is 2. The first-order valence-corrected chi connectivity index (χ1v) is 5.39. The van der Waals surface area contributed by atoms with Gasteiger partial charge in [-0.1, -0.05) is 0 Å². The second-order valence-electron chi connectivity index (χ2n) is 3.79. The quantitative estimate of drug-likeness (QED) is 0.793. The van der Waals surface area contributed by atoms with E-state index in [1.807, 2.05) is 13.1 Å². The Bertz CT molecular complexity index is 342. The molecule has 80 valence electrons. The van der Waals surface area contributed by atoms with Crippen LogP contribution in [0.2, 0.25) is 0 Å². The summed E-state index contributed by atoms with van der Waals surface area (Å²) in [5, 5.41) is 3.30. The molecule has 2 rings (SSSR count). The zero-order valence-corrected chi connectivity index (χ0v) is 9.03. The van der Waals surface area contributed by atoms with Gasteiger partial charge in [-0.15, -0.1) is 0 Å². The number of rotatable bonds is 2. The topological polar surface area (TPSA) is 50.2 Å². The van der Waals surface area contributed by atoms with Gasteiger partial charge in [-0.05, 0) is 19.8 Å². The summed E-state index contributed by atoms with van der Waals surface area (Å²) in [5.74, 6) is 1.11. The van der Waals surface area contributed by atoms with Crippen LogP contribution in [0.25, 0.3) is 0 Å². The Morgan fingerprint density at radius 3 is 2.87 bits per heavy atom. The largest absolute Gasteiger partial charge is 0.368 e. The average molecular weight is 204 g/mol. The molecule has 1 aromatic heterocycles. The first-order chi connectivity index (χ1) is 7.34. The highest BCUT2D eigenvalue weighted by atomic mass is 15.0. The van der Waals surface area contributed by atoms with E-state index in [1.165, 1.54) is 12.8 Å². The zero-order chi connectivity index (χ0) is 10.5. The van der Waals surface area contributed by atoms with E-state index in [-0.39, 0.29) is 0 Å². The molecule has 1 N–H and O–H groups in total. The maximum atomic E-state index is 4.42. The number of aliphatic imine (C=N–C) groups is 1. The van der Waals surface area contributed by atoms with E-state index in [4.69, 9.17) is 0 Å². The van der Waals surface area contributed by atoms with Gasteiger partial charge in [0.2, 0.25) is 0 Å². The lowest BCUT2D eigenvalue weighted by atomic mass is 10.2. The highest BCUT2D eigenvalue weighted by Crippen LogP contribution is 2.04. The first kappa shape index (κ1) is 10.1. The summed E-state index contributed by atoms with van der Waals surface area (Å²) in [6, 6.07) is 0. The number of nitrogens with zero attached hydrogens (tertiary/aromatic N) is 3. The molecular formula is C11H16N4. The van der Waals surface area contributed by atoms with Crippen molar-refractivity contribution in [2.75, 3.05) is 6.54 Å². The van der Waals surface area contributed by atoms with Gasteiger partial charge in [0.15, 0.2) is 0 Å². The van der Waals surface area contributed by atoms with Crippen molar-refractivity contribution in [3.63, 3.8) is 0 Å². The Hall–Kier alpha value is -1.45. The lowest BCUT2D eigenvalue weighted by Crippen LogP contribution is -2.25. The SMILES string of the molecule is Cc1cnc(CNC2=NCCCC2)cn1. The fourth-order valence-corrected chi connectivity index (χ4v) is 1.54. The fraction of sp³-hybridized carbons (Fsp3) is 0.545. The molecule has 0 saturated carbocycles. The Morgan fingerprint density at radius 2 is 2.20 bits per heavy atom. The third kappa shape index (κ3) is 3.01. The first-order valence-electron chi connectivity index (χ1n) is 5.39. The predicted molar refractivity (Wildman–Crippen MR) is 59.8 cm³/mol. The molecule has 0 saturated heterocycles. The number of amidine groups is 1. The van der Waals surface area contributed by atoms with Crippen LogP contribution < -0.4 is 5.32 Å². The molecule has 15 heavy (non-hydrogen) atoms. The molecule has 1 aromatic rings. The minimum atomic E-state index is 0.728. The fourth-order valence-electron chi connectivity index (χ4n) is 1.54. The third-order valence-corrected chi connectivity index (χ3v) is 2.43. The lowest BCUT2D eigenvalue weighted by Gasteiger charge is -2.13. The van der Waals surface area contributed by atoms with Crippen LogP contribution in [0.3, 0.4) is 0 Å². The molecule has 0 fully saturated rings. The molecule has 1 aliphatic heterocycles. The lowest BCUT2D eigenvalue weighted by molar-refractivity contribution is 0.702. The van der Waals surface area contributed by atoms with Gasteiger partial charge in [-0.3, -0.25) is 15.0 Å². The Balaban J connectivity index is 1.87. The number of nitrogens with one attached hydrogen (secondary N) is 1. The van der Waals surface area contributed by atoms with Crippen LogP contribution in [-0.4, -0.2) is 22.3 Å². The normalized spacial score (nSPS) is 15.9. The van der Waals surface area contributed by atoms with E-state index < -0.39 is 0 Å². The van der Waals surface area contributed by atoms with Crippen molar-refractivity contribution in [1.82, 2.24) is 15.3 Å². The van der Waals surface area contributed by atoms with Crippen molar-refractivity contribution in [2.24, 2.45) is 4.99 Å². The Morgan fingerprint density at radius 1 is 1.27 bits per heavy atom. The van der Waals surface area contributed by atoms with Gasteiger partial charge in [0.25, 0.3) is 0 Å². The monoisotopic (exact) mass is 204 g/mol. The van der Waals surface area contributed by atoms with Crippen LogP contribution in [0, 0.1) is 6.92 Å². The van der Waals surface area contributed by atoms with Gasteiger partial charge in [0.1, 0.15) is 0 Å². The minimum Gasteiger partial charge on any atom is -0.368 e. The highest BCUT2D eigenvalue weighted by Gasteiger charge is 2.04. The molecule has 0 radical (unpaired) electrons. The summed E-state index contributed by atoms with van der Waals surface area (Å²) in [5.41, 5.74) is 1.92. The molecule has 4 heteroatoms. The molecule has 0 amide bonds. The summed E-state index contributed by atoms with van der Waals surface area (Å²) in [6.45, 7) is 3.63. The molecule has 1 aliphatic rings. The van der Waals surface area contributed by atoms with Crippen LogP contribution in [0.1, 0.15) is 30.7 Å². The molecular weight excluding hydrogens is 188 g/mol. The van der Waals surface area contributed by atoms with Gasteiger partial charge in [-0.25, -0.2) is 0 Å². The van der Waals surface area contributed by atoms with Gasteiger partial charge < -0.3 is 5.32 Å². The smallest absolute Gasteiger partial charge is 0.0966 e. The number of hydrogen-bond donors (Lipinski definition) is 1. The van der Waals surface area contributed by atoms with Crippen molar-refractivity contribution >= 4 is 5.84 Å². The van der Waals surface area contributed by atoms with Gasteiger partial charge >= 0.3 is 0 Å². The number of aryl methyl sites for hydroxylation is 1. The average Bonchev–Trinajstić information content (AvgIpc) is 2.30. The van der Waals surface area contributed by atoms with Crippen molar-refractivity contribution in [3.8, 4) is 0 Å². The summed E-state index contributed by atoms with van der Waals surface area (Å²) < 4.78 is 0. The standard InChI is InChI=1S/C11H16N4/c1-9-6-14-10(7-13-9)8-15-11-4-2-3-5-12-11/h6-7H,2-5,8H2,1H3,(H,12,15). The molecule has 0 bridgehead atoms. The zero-order valence-electron chi connectivity index (χ0n) is 9.03. The van der Waals surface area contributed by atoms with Gasteiger partial charge in [0, 0.05) is 19.2 Å². The Labute approximate surface area is 89.9 Å². The maximum Gasteiger partial charge on any atom is 0.0966 e. The molecule has 0 aromatic carbocycles. The van der Waals surface area contributed by atoms with Crippen LogP contribution in [0.15, 0.2) is 17.4 Å². The van der Waals surface area contributed by atoms with E-state index in [1.54, 1.807) is 6.20 Å². The van der Waals surface area contributed by atoms with Crippen LogP contribution in [0.5, 0.6) is 0 Å². The molecule has 2 heterocycles. The van der Waals surface area contributed by atoms with E-state index in [0.29, 0.717) is 0 Å². The minimum absolute atomic E-state index is 0.728. The second kappa shape index (κ2) is 4.87. The Kier molecular flexibility index (Phi) is 3.27. The molecule has 0 atom stereocenters. The van der Waals surface area contributed by atoms with Crippen LogP contribution >= 0.6 is 0 Å². The summed E-state index contributed by atoms with van der Waals surface area (Å²) in [7, 11) is 0. The summed E-state index contributed by atoms with van der Waals surface area (Å²) in [4.78, 5) is 12.9.